The molecule has 1 aromatic heterocycles. The number of methoxy groups -OCH3 is 1. The van der Waals surface area contributed by atoms with Crippen molar-refractivity contribution in [3.63, 3.8) is 0 Å². The number of amides is 1. The molecule has 0 unspecified atom stereocenters. The molecule has 166 valence electrons. The molecule has 0 saturated carbocycles. The fourth-order valence-corrected chi connectivity index (χ4v) is 5.70. The Kier molecular flexibility index (Phi) is 8.28. The van der Waals surface area contributed by atoms with Crippen molar-refractivity contribution in [2.45, 2.75) is 31.9 Å². The Morgan fingerprint density at radius 1 is 1.29 bits per heavy atom. The van der Waals surface area contributed by atoms with Gasteiger partial charge in [0.1, 0.15) is 10.8 Å². The van der Waals surface area contributed by atoms with Crippen LogP contribution in [0.5, 0.6) is 0 Å². The Balaban J connectivity index is 1.50. The molecular weight excluding hydrogens is 457 g/mol. The van der Waals surface area contributed by atoms with Crippen LogP contribution in [0.4, 0.5) is 9.39 Å². The summed E-state index contributed by atoms with van der Waals surface area (Å²) in [6.45, 7) is 2.20. The van der Waals surface area contributed by atoms with Crippen molar-refractivity contribution in [2.75, 3.05) is 18.2 Å². The lowest BCUT2D eigenvalue weighted by Crippen LogP contribution is -2.44. The Morgan fingerprint density at radius 3 is 2.74 bits per heavy atom. The van der Waals surface area contributed by atoms with E-state index in [1.807, 2.05) is 0 Å². The van der Waals surface area contributed by atoms with Gasteiger partial charge in [-0.25, -0.2) is 9.18 Å². The molecule has 0 fully saturated rings. The van der Waals surface area contributed by atoms with E-state index in [9.17, 15) is 14.0 Å². The number of fused-ring (bicyclic) bond motifs is 1. The number of hydrogen-bond donors (Lipinski definition) is 3. The largest absolute Gasteiger partial charge is 0.465 e. The highest BCUT2D eigenvalue weighted by molar-refractivity contribution is 7.99. The van der Waals surface area contributed by atoms with E-state index in [1.54, 1.807) is 12.1 Å². The molecule has 31 heavy (non-hydrogen) atoms. The molecule has 0 radical (unpaired) electrons. The van der Waals surface area contributed by atoms with Crippen molar-refractivity contribution in [3.05, 3.63) is 51.7 Å². The average molecular weight is 482 g/mol. The predicted octanol–water partition coefficient (Wildman–Crippen LogP) is 4.05. The highest BCUT2D eigenvalue weighted by atomic mass is 32.2. The quantitative estimate of drug-likeness (QED) is 0.326. The Labute approximate surface area is 194 Å². The van der Waals surface area contributed by atoms with E-state index in [1.165, 1.54) is 47.2 Å². The molecule has 3 rings (SSSR count). The first kappa shape index (κ1) is 23.5. The summed E-state index contributed by atoms with van der Waals surface area (Å²) in [6, 6.07) is 6.18. The molecule has 1 atom stereocenters. The monoisotopic (exact) mass is 481 g/mol. The van der Waals surface area contributed by atoms with E-state index in [4.69, 9.17) is 17.0 Å². The lowest BCUT2D eigenvalue weighted by molar-refractivity contribution is -0.119. The molecule has 1 aliphatic carbocycles. The lowest BCUT2D eigenvalue weighted by atomic mass is 9.88. The number of carbonyl (C=O) groups excluding carboxylic acids is 2. The fourth-order valence-electron chi connectivity index (χ4n) is 3.30. The van der Waals surface area contributed by atoms with Crippen molar-refractivity contribution in [2.24, 2.45) is 5.92 Å². The van der Waals surface area contributed by atoms with Gasteiger partial charge in [-0.1, -0.05) is 19.1 Å². The normalized spacial score (nSPS) is 15.0. The minimum Gasteiger partial charge on any atom is -0.465 e. The van der Waals surface area contributed by atoms with Crippen LogP contribution >= 0.6 is 35.3 Å². The van der Waals surface area contributed by atoms with Crippen LogP contribution in [0.15, 0.2) is 24.3 Å². The number of rotatable bonds is 6. The summed E-state index contributed by atoms with van der Waals surface area (Å²) in [5.74, 6) is 0.459. The highest BCUT2D eigenvalue weighted by Crippen LogP contribution is 2.39. The fraction of sp³-hybridized carbons (Fsp3) is 0.381. The van der Waals surface area contributed by atoms with Crippen LogP contribution in [0.25, 0.3) is 0 Å². The maximum atomic E-state index is 12.9. The number of anilines is 1. The molecule has 6 nitrogen and oxygen atoms in total. The number of hydrazine groups is 1. The second kappa shape index (κ2) is 10.9. The van der Waals surface area contributed by atoms with Gasteiger partial charge < -0.3 is 10.1 Å². The van der Waals surface area contributed by atoms with E-state index in [0.29, 0.717) is 22.2 Å². The third-order valence-electron chi connectivity index (χ3n) is 4.86. The first-order valence-electron chi connectivity index (χ1n) is 9.78. The van der Waals surface area contributed by atoms with Crippen molar-refractivity contribution in [1.29, 1.82) is 0 Å². The molecule has 0 bridgehead atoms. The summed E-state index contributed by atoms with van der Waals surface area (Å²) in [4.78, 5) is 25.6. The van der Waals surface area contributed by atoms with Crippen molar-refractivity contribution in [1.82, 2.24) is 10.9 Å². The molecule has 3 N–H and O–H groups in total. The van der Waals surface area contributed by atoms with Crippen LogP contribution in [-0.2, 0) is 28.1 Å². The molecule has 0 aliphatic heterocycles. The van der Waals surface area contributed by atoms with E-state index >= 15 is 0 Å². The van der Waals surface area contributed by atoms with E-state index < -0.39 is 5.97 Å². The van der Waals surface area contributed by atoms with Crippen LogP contribution in [0, 0.1) is 11.7 Å². The summed E-state index contributed by atoms with van der Waals surface area (Å²) in [5.41, 5.74) is 7.71. The first-order valence-corrected chi connectivity index (χ1v) is 12.2. The minimum absolute atomic E-state index is 0.189. The van der Waals surface area contributed by atoms with Crippen molar-refractivity contribution >= 4 is 57.3 Å². The van der Waals surface area contributed by atoms with Gasteiger partial charge in [-0.05, 0) is 60.7 Å². The standard InChI is InChI=1S/C21H24FN3O3S3/c1-12-3-8-15-16(9-12)31-19(18(15)20(27)28-2)23-21(29)25-24-17(26)11-30-10-13-4-6-14(22)7-5-13/h4-7,12H,3,8-11H2,1-2H3,(H,24,26)(H2,23,25,29)/t12-/m0/s1. The minimum atomic E-state index is -0.390. The number of carbonyl (C=O) groups is 2. The van der Waals surface area contributed by atoms with Gasteiger partial charge >= 0.3 is 5.97 Å². The van der Waals surface area contributed by atoms with Gasteiger partial charge in [0.25, 0.3) is 0 Å². The SMILES string of the molecule is COC(=O)c1c(NC(=S)NNC(=O)CSCc2ccc(F)cc2)sc2c1CC[C@H](C)C2. The molecule has 1 aromatic carbocycles. The number of thiophene rings is 1. The number of thiocarbonyl (C=S) groups is 1. The molecule has 10 heteroatoms. The number of ether oxygens (including phenoxy) is 1. The molecule has 2 aromatic rings. The Morgan fingerprint density at radius 2 is 2.03 bits per heavy atom. The molecule has 1 amide bonds. The smallest absolute Gasteiger partial charge is 0.341 e. The Hall–Kier alpha value is -2.17. The van der Waals surface area contributed by atoms with Crippen LogP contribution in [0.1, 0.15) is 39.7 Å². The van der Waals surface area contributed by atoms with Gasteiger partial charge in [0, 0.05) is 10.6 Å². The molecule has 0 saturated heterocycles. The van der Waals surface area contributed by atoms with E-state index in [2.05, 4.69) is 23.1 Å². The van der Waals surface area contributed by atoms with Gasteiger partial charge in [0.05, 0.1) is 18.4 Å². The van der Waals surface area contributed by atoms with E-state index in [0.717, 1.165) is 30.4 Å². The third-order valence-corrected chi connectivity index (χ3v) is 7.24. The van der Waals surface area contributed by atoms with Gasteiger partial charge in [0.15, 0.2) is 5.11 Å². The van der Waals surface area contributed by atoms with Crippen LogP contribution in [-0.4, -0.2) is 29.9 Å². The number of halogens is 1. The number of esters is 1. The zero-order valence-electron chi connectivity index (χ0n) is 17.2. The lowest BCUT2D eigenvalue weighted by Gasteiger charge is -2.18. The summed E-state index contributed by atoms with van der Waals surface area (Å²) in [6.07, 6.45) is 2.79. The van der Waals surface area contributed by atoms with Gasteiger partial charge in [0.2, 0.25) is 5.91 Å². The second-order valence-corrected chi connectivity index (χ2v) is 9.79. The maximum absolute atomic E-state index is 12.9. The number of nitrogens with one attached hydrogen (secondary N) is 3. The van der Waals surface area contributed by atoms with Gasteiger partial charge in [-0.15, -0.1) is 23.1 Å². The van der Waals surface area contributed by atoms with Crippen LogP contribution in [0.3, 0.4) is 0 Å². The third kappa shape index (κ3) is 6.41. The Bertz CT molecular complexity index is 963. The van der Waals surface area contributed by atoms with Crippen LogP contribution < -0.4 is 16.2 Å². The van der Waals surface area contributed by atoms with Crippen molar-refractivity contribution < 1.29 is 18.7 Å². The molecular formula is C21H24FN3O3S3. The number of hydrogen-bond acceptors (Lipinski definition) is 6. The van der Waals surface area contributed by atoms with Gasteiger partial charge in [-0.3, -0.25) is 15.6 Å². The summed E-state index contributed by atoms with van der Waals surface area (Å²) >= 11 is 8.19. The summed E-state index contributed by atoms with van der Waals surface area (Å²) in [7, 11) is 1.36. The average Bonchev–Trinajstić information content (AvgIpc) is 3.09. The zero-order chi connectivity index (χ0) is 22.4. The molecule has 0 spiro atoms. The van der Waals surface area contributed by atoms with Gasteiger partial charge in [-0.2, -0.15) is 0 Å². The molecule has 1 aliphatic rings. The number of benzene rings is 1. The van der Waals surface area contributed by atoms with Crippen molar-refractivity contribution in [3.8, 4) is 0 Å². The summed E-state index contributed by atoms with van der Waals surface area (Å²) < 4.78 is 17.9. The second-order valence-electron chi connectivity index (χ2n) is 7.29. The first-order chi connectivity index (χ1) is 14.9. The number of thioether (sulfide) groups is 1. The van der Waals surface area contributed by atoms with Crippen LogP contribution in [0.2, 0.25) is 0 Å². The molecule has 1 heterocycles. The predicted molar refractivity (Wildman–Crippen MR) is 127 cm³/mol. The zero-order valence-corrected chi connectivity index (χ0v) is 19.7. The topological polar surface area (TPSA) is 79.5 Å². The summed E-state index contributed by atoms with van der Waals surface area (Å²) in [5, 5.41) is 3.84. The van der Waals surface area contributed by atoms with E-state index in [-0.39, 0.29) is 22.6 Å². The maximum Gasteiger partial charge on any atom is 0.341 e. The highest BCUT2D eigenvalue weighted by Gasteiger charge is 2.28.